The molecule has 1 aromatic rings. The monoisotopic (exact) mass is 262 g/mol. The van der Waals surface area contributed by atoms with Gasteiger partial charge in [-0.05, 0) is 62.9 Å². The second kappa shape index (κ2) is 5.29. The summed E-state index contributed by atoms with van der Waals surface area (Å²) >= 11 is 0. The summed E-state index contributed by atoms with van der Waals surface area (Å²) in [5.41, 5.74) is 5.95. The van der Waals surface area contributed by atoms with Crippen molar-refractivity contribution in [2.75, 3.05) is 19.6 Å². The predicted molar refractivity (Wildman–Crippen MR) is 77.0 cm³/mol. The highest BCUT2D eigenvalue weighted by Gasteiger charge is 2.39. The minimum atomic E-state index is 0.410. The number of hydrogen-bond donors (Lipinski definition) is 1. The Morgan fingerprint density at radius 2 is 2.11 bits per heavy atom. The SMILES string of the molecule is CCCN1CCC(CN)C1c1ccc(C2CC2C)o1. The molecule has 3 heteroatoms. The van der Waals surface area contributed by atoms with E-state index in [9.17, 15) is 0 Å². The molecule has 106 valence electrons. The van der Waals surface area contributed by atoms with Crippen molar-refractivity contribution < 1.29 is 4.42 Å². The van der Waals surface area contributed by atoms with Crippen molar-refractivity contribution in [3.8, 4) is 0 Å². The van der Waals surface area contributed by atoms with E-state index in [0.717, 1.165) is 31.3 Å². The molecule has 0 bridgehead atoms. The summed E-state index contributed by atoms with van der Waals surface area (Å²) in [6, 6.07) is 4.80. The molecule has 1 aliphatic heterocycles. The number of hydrogen-bond acceptors (Lipinski definition) is 3. The third kappa shape index (κ3) is 2.46. The molecule has 0 amide bonds. The van der Waals surface area contributed by atoms with Gasteiger partial charge in [-0.25, -0.2) is 0 Å². The summed E-state index contributed by atoms with van der Waals surface area (Å²) in [4.78, 5) is 2.55. The molecule has 0 spiro atoms. The van der Waals surface area contributed by atoms with E-state index in [1.165, 1.54) is 25.0 Å². The smallest absolute Gasteiger partial charge is 0.121 e. The molecule has 2 heterocycles. The first kappa shape index (κ1) is 13.2. The Morgan fingerprint density at radius 3 is 2.74 bits per heavy atom. The molecule has 0 radical (unpaired) electrons. The molecule has 3 rings (SSSR count). The first-order valence-electron chi connectivity index (χ1n) is 7.78. The molecule has 1 aromatic heterocycles. The van der Waals surface area contributed by atoms with Gasteiger partial charge in [0.25, 0.3) is 0 Å². The van der Waals surface area contributed by atoms with E-state index in [4.69, 9.17) is 10.2 Å². The summed E-state index contributed by atoms with van der Waals surface area (Å²) in [5.74, 6) is 4.38. The molecular formula is C16H26N2O. The lowest BCUT2D eigenvalue weighted by Gasteiger charge is -2.25. The van der Waals surface area contributed by atoms with Crippen LogP contribution in [-0.2, 0) is 0 Å². The van der Waals surface area contributed by atoms with Crippen molar-refractivity contribution in [3.63, 3.8) is 0 Å². The lowest BCUT2D eigenvalue weighted by molar-refractivity contribution is 0.199. The minimum absolute atomic E-state index is 0.410. The normalized spacial score (nSPS) is 34.9. The second-order valence-electron chi connectivity index (χ2n) is 6.32. The van der Waals surface area contributed by atoms with Crippen molar-refractivity contribution in [1.82, 2.24) is 4.90 Å². The van der Waals surface area contributed by atoms with E-state index in [0.29, 0.717) is 17.9 Å². The minimum Gasteiger partial charge on any atom is -0.464 e. The molecule has 4 unspecified atom stereocenters. The van der Waals surface area contributed by atoms with Gasteiger partial charge in [-0.1, -0.05) is 13.8 Å². The van der Waals surface area contributed by atoms with Gasteiger partial charge in [0, 0.05) is 5.92 Å². The molecule has 4 atom stereocenters. The topological polar surface area (TPSA) is 42.4 Å². The van der Waals surface area contributed by atoms with Gasteiger partial charge in [-0.15, -0.1) is 0 Å². The van der Waals surface area contributed by atoms with Crippen molar-refractivity contribution in [1.29, 1.82) is 0 Å². The summed E-state index contributed by atoms with van der Waals surface area (Å²) in [6.07, 6.45) is 3.69. The maximum Gasteiger partial charge on any atom is 0.121 e. The van der Waals surface area contributed by atoms with Crippen LogP contribution in [0.15, 0.2) is 16.5 Å². The zero-order chi connectivity index (χ0) is 13.4. The first-order valence-corrected chi connectivity index (χ1v) is 7.78. The molecule has 2 N–H and O–H groups in total. The van der Waals surface area contributed by atoms with Crippen LogP contribution in [0.5, 0.6) is 0 Å². The quantitative estimate of drug-likeness (QED) is 0.886. The van der Waals surface area contributed by atoms with Crippen molar-refractivity contribution in [2.24, 2.45) is 17.6 Å². The van der Waals surface area contributed by atoms with E-state index in [1.54, 1.807) is 0 Å². The van der Waals surface area contributed by atoms with Crippen LogP contribution in [0.3, 0.4) is 0 Å². The van der Waals surface area contributed by atoms with Gasteiger partial charge in [0.2, 0.25) is 0 Å². The van der Waals surface area contributed by atoms with Crippen LogP contribution in [0.4, 0.5) is 0 Å². The largest absolute Gasteiger partial charge is 0.464 e. The highest BCUT2D eigenvalue weighted by atomic mass is 16.3. The first-order chi connectivity index (χ1) is 9.24. The van der Waals surface area contributed by atoms with Gasteiger partial charge in [0.15, 0.2) is 0 Å². The van der Waals surface area contributed by atoms with Crippen LogP contribution in [0, 0.1) is 11.8 Å². The fourth-order valence-corrected chi connectivity index (χ4v) is 3.57. The van der Waals surface area contributed by atoms with Crippen LogP contribution >= 0.6 is 0 Å². The Morgan fingerprint density at radius 1 is 1.37 bits per heavy atom. The van der Waals surface area contributed by atoms with Gasteiger partial charge in [0.05, 0.1) is 6.04 Å². The number of rotatable bonds is 5. The Bertz CT molecular complexity index is 428. The third-order valence-electron chi connectivity index (χ3n) is 4.85. The Balaban J connectivity index is 1.78. The van der Waals surface area contributed by atoms with E-state index >= 15 is 0 Å². The maximum atomic E-state index is 6.17. The van der Waals surface area contributed by atoms with Gasteiger partial charge < -0.3 is 10.2 Å². The van der Waals surface area contributed by atoms with Crippen molar-refractivity contribution in [3.05, 3.63) is 23.7 Å². The highest BCUT2D eigenvalue weighted by molar-refractivity contribution is 5.20. The van der Waals surface area contributed by atoms with E-state index < -0.39 is 0 Å². The third-order valence-corrected chi connectivity index (χ3v) is 4.85. The Kier molecular flexibility index (Phi) is 3.68. The average molecular weight is 262 g/mol. The number of nitrogens with zero attached hydrogens (tertiary/aromatic N) is 1. The van der Waals surface area contributed by atoms with Gasteiger partial charge in [-0.3, -0.25) is 4.90 Å². The number of nitrogens with two attached hydrogens (primary N) is 1. The van der Waals surface area contributed by atoms with Crippen LogP contribution in [0.1, 0.15) is 56.6 Å². The fraction of sp³-hybridized carbons (Fsp3) is 0.750. The zero-order valence-electron chi connectivity index (χ0n) is 12.1. The molecule has 1 aliphatic carbocycles. The fourth-order valence-electron chi connectivity index (χ4n) is 3.57. The van der Waals surface area contributed by atoms with Crippen LogP contribution < -0.4 is 5.73 Å². The van der Waals surface area contributed by atoms with Crippen LogP contribution in [0.2, 0.25) is 0 Å². The molecule has 0 aromatic carbocycles. The molecule has 19 heavy (non-hydrogen) atoms. The summed E-state index contributed by atoms with van der Waals surface area (Å²) < 4.78 is 6.17. The van der Waals surface area contributed by atoms with Crippen LogP contribution in [-0.4, -0.2) is 24.5 Å². The summed E-state index contributed by atoms with van der Waals surface area (Å²) in [5, 5.41) is 0. The predicted octanol–water partition coefficient (Wildman–Crippen LogP) is 3.13. The summed E-state index contributed by atoms with van der Waals surface area (Å²) in [7, 11) is 0. The molecule has 1 saturated heterocycles. The lowest BCUT2D eigenvalue weighted by atomic mass is 9.98. The molecule has 1 saturated carbocycles. The van der Waals surface area contributed by atoms with Crippen molar-refractivity contribution >= 4 is 0 Å². The van der Waals surface area contributed by atoms with E-state index in [-0.39, 0.29) is 0 Å². The average Bonchev–Trinajstić information content (AvgIpc) is 2.82. The Hall–Kier alpha value is -0.800. The molecule has 2 fully saturated rings. The maximum absolute atomic E-state index is 6.17. The van der Waals surface area contributed by atoms with E-state index in [2.05, 4.69) is 30.9 Å². The highest BCUT2D eigenvalue weighted by Crippen LogP contribution is 2.48. The molecule has 3 nitrogen and oxygen atoms in total. The second-order valence-corrected chi connectivity index (χ2v) is 6.32. The lowest BCUT2D eigenvalue weighted by Crippen LogP contribution is -2.28. The number of likely N-dealkylation sites (tertiary alicyclic amines) is 1. The van der Waals surface area contributed by atoms with Gasteiger partial charge in [0.1, 0.15) is 11.5 Å². The van der Waals surface area contributed by atoms with Crippen LogP contribution in [0.25, 0.3) is 0 Å². The summed E-state index contributed by atoms with van der Waals surface area (Å²) in [6.45, 7) is 7.62. The van der Waals surface area contributed by atoms with Gasteiger partial charge >= 0.3 is 0 Å². The number of furan rings is 1. The zero-order valence-corrected chi connectivity index (χ0v) is 12.1. The molecular weight excluding hydrogens is 236 g/mol. The van der Waals surface area contributed by atoms with Crippen molar-refractivity contribution in [2.45, 2.75) is 45.1 Å². The standard InChI is InChI=1S/C16H26N2O/c1-3-7-18-8-6-12(10-17)16(18)15-5-4-14(19-15)13-9-11(13)2/h4-5,11-13,16H,3,6-10,17H2,1-2H3. The Labute approximate surface area is 116 Å². The van der Waals surface area contributed by atoms with Gasteiger partial charge in [-0.2, -0.15) is 0 Å². The van der Waals surface area contributed by atoms with E-state index in [1.807, 2.05) is 0 Å². The molecule has 2 aliphatic rings.